The van der Waals surface area contributed by atoms with E-state index in [2.05, 4.69) is 21.0 Å². The van der Waals surface area contributed by atoms with Gasteiger partial charge in [-0.3, -0.25) is 9.97 Å². The van der Waals surface area contributed by atoms with E-state index in [1.54, 1.807) is 11.3 Å². The summed E-state index contributed by atoms with van der Waals surface area (Å²) < 4.78 is 1.27. The summed E-state index contributed by atoms with van der Waals surface area (Å²) in [5.41, 5.74) is 1.14. The number of aromatic amines is 1. The predicted molar refractivity (Wildman–Crippen MR) is 66.8 cm³/mol. The number of pyridine rings is 2. The molecule has 4 rings (SSSR count). The number of aromatic nitrogens is 3. The summed E-state index contributed by atoms with van der Waals surface area (Å²) in [5, 5.41) is 3.63. The number of thiophene rings is 1. The van der Waals surface area contributed by atoms with Crippen molar-refractivity contribution in [2.45, 2.75) is 0 Å². The van der Waals surface area contributed by atoms with Crippen LogP contribution < -0.4 is 0 Å². The minimum atomic E-state index is 1.14. The summed E-state index contributed by atoms with van der Waals surface area (Å²) in [6.45, 7) is 0. The topological polar surface area (TPSA) is 41.6 Å². The highest BCUT2D eigenvalue weighted by molar-refractivity contribution is 7.25. The lowest BCUT2D eigenvalue weighted by Crippen LogP contribution is -1.71. The van der Waals surface area contributed by atoms with E-state index in [0.29, 0.717) is 0 Å². The molecule has 0 aliphatic heterocycles. The van der Waals surface area contributed by atoms with Gasteiger partial charge in [0.05, 0.1) is 5.52 Å². The minimum Gasteiger partial charge on any atom is -0.346 e. The number of hydrogen-bond donors (Lipinski definition) is 1. The molecule has 0 fully saturated rings. The molecular formula is C12H7N3S. The quantitative estimate of drug-likeness (QED) is 0.498. The fraction of sp³-hybridized carbons (Fsp3) is 0. The first-order valence-electron chi connectivity index (χ1n) is 5.01. The van der Waals surface area contributed by atoms with Gasteiger partial charge in [-0.1, -0.05) is 0 Å². The minimum absolute atomic E-state index is 1.14. The second-order valence-corrected chi connectivity index (χ2v) is 4.78. The molecule has 0 amide bonds. The van der Waals surface area contributed by atoms with Crippen LogP contribution in [0.15, 0.2) is 36.9 Å². The zero-order chi connectivity index (χ0) is 10.5. The van der Waals surface area contributed by atoms with Crippen molar-refractivity contribution in [1.29, 1.82) is 0 Å². The molecule has 4 aromatic heterocycles. The number of nitrogens with one attached hydrogen (secondary N) is 1. The van der Waals surface area contributed by atoms with Crippen molar-refractivity contribution in [3.05, 3.63) is 36.9 Å². The summed E-state index contributed by atoms with van der Waals surface area (Å²) in [6, 6.07) is 4.06. The van der Waals surface area contributed by atoms with E-state index in [1.807, 2.05) is 30.9 Å². The van der Waals surface area contributed by atoms with Gasteiger partial charge in [0.1, 0.15) is 4.83 Å². The van der Waals surface area contributed by atoms with Crippen molar-refractivity contribution in [2.75, 3.05) is 0 Å². The van der Waals surface area contributed by atoms with Crippen molar-refractivity contribution >= 4 is 42.5 Å². The second kappa shape index (κ2) is 2.80. The smallest absolute Gasteiger partial charge is 0.102 e. The molecule has 0 atom stereocenters. The van der Waals surface area contributed by atoms with Gasteiger partial charge in [-0.25, -0.2) is 0 Å². The van der Waals surface area contributed by atoms with Gasteiger partial charge in [-0.15, -0.1) is 11.3 Å². The van der Waals surface area contributed by atoms with E-state index in [9.17, 15) is 0 Å². The first-order valence-corrected chi connectivity index (χ1v) is 5.83. The molecule has 0 aromatic carbocycles. The molecule has 0 bridgehead atoms. The summed E-state index contributed by atoms with van der Waals surface area (Å²) in [6.07, 6.45) is 7.47. The van der Waals surface area contributed by atoms with Gasteiger partial charge in [0.25, 0.3) is 0 Å². The number of fused-ring (bicyclic) bond motifs is 5. The second-order valence-electron chi connectivity index (χ2n) is 3.72. The normalized spacial score (nSPS) is 11.8. The van der Waals surface area contributed by atoms with E-state index < -0.39 is 0 Å². The van der Waals surface area contributed by atoms with E-state index in [4.69, 9.17) is 0 Å². The maximum absolute atomic E-state index is 4.19. The van der Waals surface area contributed by atoms with Crippen LogP contribution in [0.1, 0.15) is 0 Å². The van der Waals surface area contributed by atoms with E-state index in [0.717, 1.165) is 5.52 Å². The molecule has 0 unspecified atom stereocenters. The number of rotatable bonds is 0. The van der Waals surface area contributed by atoms with Gasteiger partial charge in [-0.2, -0.15) is 0 Å². The fourth-order valence-electron chi connectivity index (χ4n) is 2.12. The van der Waals surface area contributed by atoms with Crippen LogP contribution in [0.4, 0.5) is 0 Å². The largest absolute Gasteiger partial charge is 0.346 e. The molecule has 16 heavy (non-hydrogen) atoms. The number of hydrogen-bond acceptors (Lipinski definition) is 3. The van der Waals surface area contributed by atoms with Crippen LogP contribution in [0, 0.1) is 0 Å². The van der Waals surface area contributed by atoms with Crippen molar-refractivity contribution in [3.63, 3.8) is 0 Å². The molecule has 76 valence electrons. The van der Waals surface area contributed by atoms with Crippen LogP contribution in [0.25, 0.3) is 31.2 Å². The Balaban J connectivity index is 2.38. The molecule has 0 spiro atoms. The van der Waals surface area contributed by atoms with Crippen LogP contribution in [-0.4, -0.2) is 15.0 Å². The molecule has 3 nitrogen and oxygen atoms in total. The molecule has 0 aliphatic rings. The molecule has 0 aliphatic carbocycles. The number of nitrogens with zero attached hydrogens (tertiary/aromatic N) is 2. The van der Waals surface area contributed by atoms with Crippen LogP contribution >= 0.6 is 11.3 Å². The van der Waals surface area contributed by atoms with Gasteiger partial charge in [0.2, 0.25) is 0 Å². The van der Waals surface area contributed by atoms with E-state index in [-0.39, 0.29) is 0 Å². The Kier molecular flexibility index (Phi) is 1.44. The predicted octanol–water partition coefficient (Wildman–Crippen LogP) is 3.33. The lowest BCUT2D eigenvalue weighted by atomic mass is 10.2. The molecule has 0 saturated carbocycles. The Hall–Kier alpha value is -1.94. The molecule has 4 heteroatoms. The highest BCUT2D eigenvalue weighted by Crippen LogP contribution is 2.37. The molecule has 4 heterocycles. The summed E-state index contributed by atoms with van der Waals surface area (Å²) in [7, 11) is 0. The molecule has 0 radical (unpaired) electrons. The Labute approximate surface area is 94.8 Å². The molecule has 0 saturated heterocycles. The lowest BCUT2D eigenvalue weighted by Gasteiger charge is -1.90. The Bertz CT molecular complexity index is 747. The van der Waals surface area contributed by atoms with Crippen LogP contribution in [-0.2, 0) is 0 Å². The third-order valence-corrected chi connectivity index (χ3v) is 3.91. The lowest BCUT2D eigenvalue weighted by molar-refractivity contribution is 1.36. The fourth-order valence-corrected chi connectivity index (χ4v) is 3.22. The van der Waals surface area contributed by atoms with E-state index in [1.165, 1.54) is 25.7 Å². The Morgan fingerprint density at radius 2 is 1.81 bits per heavy atom. The van der Waals surface area contributed by atoms with E-state index >= 15 is 0 Å². The van der Waals surface area contributed by atoms with Gasteiger partial charge in [0.15, 0.2) is 0 Å². The number of H-pyrrole nitrogens is 1. The van der Waals surface area contributed by atoms with Crippen molar-refractivity contribution < 1.29 is 0 Å². The molecular weight excluding hydrogens is 218 g/mol. The Morgan fingerprint density at radius 3 is 2.75 bits per heavy atom. The van der Waals surface area contributed by atoms with Gasteiger partial charge in [0, 0.05) is 45.6 Å². The van der Waals surface area contributed by atoms with Crippen LogP contribution in [0.2, 0.25) is 0 Å². The SMILES string of the molecule is c1cc2[nH]c3sc4ccncc4c3c2cn1. The molecule has 4 aromatic rings. The standard InChI is InChI=1S/C12H7N3S/c1-3-13-5-7-9(1)15-12-11(7)8-6-14-4-2-10(8)16-12/h1-6,15H. The third-order valence-electron chi connectivity index (χ3n) is 2.83. The zero-order valence-corrected chi connectivity index (χ0v) is 9.08. The van der Waals surface area contributed by atoms with Crippen LogP contribution in [0.3, 0.4) is 0 Å². The summed E-state index contributed by atoms with van der Waals surface area (Å²) >= 11 is 1.76. The average molecular weight is 225 g/mol. The average Bonchev–Trinajstić information content (AvgIpc) is 2.83. The highest BCUT2D eigenvalue weighted by Gasteiger charge is 2.10. The van der Waals surface area contributed by atoms with Crippen LogP contribution in [0.5, 0.6) is 0 Å². The zero-order valence-electron chi connectivity index (χ0n) is 8.27. The third kappa shape index (κ3) is 0.919. The van der Waals surface area contributed by atoms with Crippen molar-refractivity contribution in [2.24, 2.45) is 0 Å². The Morgan fingerprint density at radius 1 is 1.00 bits per heavy atom. The van der Waals surface area contributed by atoms with Gasteiger partial charge in [-0.05, 0) is 12.1 Å². The van der Waals surface area contributed by atoms with Gasteiger partial charge < -0.3 is 4.98 Å². The van der Waals surface area contributed by atoms with Gasteiger partial charge >= 0.3 is 0 Å². The highest BCUT2D eigenvalue weighted by atomic mass is 32.1. The monoisotopic (exact) mass is 225 g/mol. The summed E-state index contributed by atoms with van der Waals surface area (Å²) in [5.74, 6) is 0. The molecule has 1 N–H and O–H groups in total. The maximum atomic E-state index is 4.19. The maximum Gasteiger partial charge on any atom is 0.102 e. The van der Waals surface area contributed by atoms with Crippen molar-refractivity contribution in [1.82, 2.24) is 15.0 Å². The van der Waals surface area contributed by atoms with Crippen molar-refractivity contribution in [3.8, 4) is 0 Å². The first-order chi connectivity index (χ1) is 7.93. The first kappa shape index (κ1) is 8.24. The summed E-state index contributed by atoms with van der Waals surface area (Å²) in [4.78, 5) is 13.0.